The summed E-state index contributed by atoms with van der Waals surface area (Å²) < 4.78 is 35.4. The molecule has 0 aromatic heterocycles. The summed E-state index contributed by atoms with van der Waals surface area (Å²) in [4.78, 5) is 30.1. The molecule has 0 saturated carbocycles. The number of esters is 1. The van der Waals surface area contributed by atoms with E-state index in [0.717, 1.165) is 6.07 Å². The Kier molecular flexibility index (Phi) is 6.95. The fraction of sp³-hybridized carbons (Fsp3) is 0.467. The molecule has 26 heavy (non-hydrogen) atoms. The minimum atomic E-state index is -4.04. The second kappa shape index (κ2) is 8.78. The first-order chi connectivity index (χ1) is 12.3. The lowest BCUT2D eigenvalue weighted by atomic mass is 10.2. The van der Waals surface area contributed by atoms with Crippen molar-refractivity contribution in [2.24, 2.45) is 0 Å². The van der Waals surface area contributed by atoms with Crippen molar-refractivity contribution in [2.45, 2.75) is 4.90 Å². The van der Waals surface area contributed by atoms with Crippen LogP contribution in [0.1, 0.15) is 10.4 Å². The van der Waals surface area contributed by atoms with Crippen LogP contribution in [0.5, 0.6) is 0 Å². The van der Waals surface area contributed by atoms with Crippen LogP contribution in [-0.2, 0) is 29.1 Å². The normalized spacial score (nSPS) is 15.2. The van der Waals surface area contributed by atoms with Gasteiger partial charge in [-0.25, -0.2) is 13.2 Å². The zero-order valence-electron chi connectivity index (χ0n) is 14.3. The lowest BCUT2D eigenvalue weighted by molar-refractivity contribution is -0.138. The molecule has 0 spiro atoms. The molecule has 9 nitrogen and oxygen atoms in total. The molecule has 1 fully saturated rings. The lowest BCUT2D eigenvalue weighted by Gasteiger charge is -2.26. The van der Waals surface area contributed by atoms with Crippen LogP contribution in [0, 0.1) is 0 Å². The summed E-state index contributed by atoms with van der Waals surface area (Å²) in [6.07, 6.45) is 0. The van der Waals surface area contributed by atoms with Crippen molar-refractivity contribution in [1.82, 2.24) is 9.37 Å². The van der Waals surface area contributed by atoms with Crippen molar-refractivity contribution in [1.29, 1.82) is 0 Å². The molecule has 2 rings (SSSR count). The highest BCUT2D eigenvalue weighted by atomic mass is 35.5. The highest BCUT2D eigenvalue weighted by Crippen LogP contribution is 2.25. The molecule has 0 unspecified atom stereocenters. The number of hydrogen-bond acceptors (Lipinski definition) is 7. The zero-order valence-corrected chi connectivity index (χ0v) is 15.9. The van der Waals surface area contributed by atoms with Gasteiger partial charge < -0.3 is 14.4 Å². The topological polar surface area (TPSA) is 102 Å². The van der Waals surface area contributed by atoms with Gasteiger partial charge in [0.25, 0.3) is 15.9 Å². The van der Waals surface area contributed by atoms with E-state index in [4.69, 9.17) is 21.1 Å². The molecule has 11 heteroatoms. The van der Waals surface area contributed by atoms with Gasteiger partial charge in [-0.1, -0.05) is 16.1 Å². The molecule has 1 aliphatic rings. The van der Waals surface area contributed by atoms with Gasteiger partial charge in [-0.15, -0.1) is 0 Å². The van der Waals surface area contributed by atoms with Crippen molar-refractivity contribution in [2.75, 3.05) is 47.1 Å². The van der Waals surface area contributed by atoms with Crippen LogP contribution in [0.4, 0.5) is 0 Å². The second-order valence-corrected chi connectivity index (χ2v) is 7.62. The van der Waals surface area contributed by atoms with Crippen LogP contribution in [0.25, 0.3) is 0 Å². The van der Waals surface area contributed by atoms with Crippen molar-refractivity contribution in [3.8, 4) is 0 Å². The van der Waals surface area contributed by atoms with Crippen LogP contribution in [0.15, 0.2) is 23.1 Å². The van der Waals surface area contributed by atoms with Gasteiger partial charge in [0.15, 0.2) is 6.61 Å². The Balaban J connectivity index is 2.10. The Morgan fingerprint density at radius 3 is 2.58 bits per heavy atom. The summed E-state index contributed by atoms with van der Waals surface area (Å²) in [5.74, 6) is -1.18. The van der Waals surface area contributed by atoms with Gasteiger partial charge in [-0.2, -0.15) is 0 Å². The number of ether oxygens (including phenoxy) is 2. The van der Waals surface area contributed by atoms with E-state index in [9.17, 15) is 18.0 Å². The Labute approximate surface area is 156 Å². The second-order valence-electron chi connectivity index (χ2n) is 5.31. The first-order valence-corrected chi connectivity index (χ1v) is 9.44. The summed E-state index contributed by atoms with van der Waals surface area (Å²) in [6.45, 7) is 1.30. The molecule has 1 amide bonds. The van der Waals surface area contributed by atoms with E-state index in [1.54, 1.807) is 0 Å². The minimum absolute atomic E-state index is 0.0488. The summed E-state index contributed by atoms with van der Waals surface area (Å²) in [5, 5.41) is -0.0742. The summed E-state index contributed by atoms with van der Waals surface area (Å²) in [7, 11) is -1.67. The Hall–Kier alpha value is -1.72. The standard InChI is InChI=1S/C15H19ClN2O7S/c1-17(23-2)26(21,22)13-9-11(3-4-12(13)16)15(20)25-10-14(19)18-5-7-24-8-6-18/h3-4,9H,5-8,10H2,1-2H3. The van der Waals surface area contributed by atoms with E-state index in [2.05, 4.69) is 4.84 Å². The van der Waals surface area contributed by atoms with Gasteiger partial charge in [-0.05, 0) is 18.2 Å². The number of hydroxylamine groups is 1. The molecule has 144 valence electrons. The zero-order chi connectivity index (χ0) is 19.3. The monoisotopic (exact) mass is 406 g/mol. The average molecular weight is 407 g/mol. The first kappa shape index (κ1) is 20.6. The number of amides is 1. The molecule has 0 atom stereocenters. The molecule has 0 radical (unpaired) electrons. The van der Waals surface area contributed by atoms with E-state index < -0.39 is 22.6 Å². The SMILES string of the molecule is CON(C)S(=O)(=O)c1cc(C(=O)OCC(=O)N2CCOCC2)ccc1Cl. The largest absolute Gasteiger partial charge is 0.452 e. The quantitative estimate of drug-likeness (QED) is 0.501. The summed E-state index contributed by atoms with van der Waals surface area (Å²) >= 11 is 5.93. The third-order valence-corrected chi connectivity index (χ3v) is 5.89. The van der Waals surface area contributed by atoms with Gasteiger partial charge >= 0.3 is 5.97 Å². The molecule has 1 aliphatic heterocycles. The highest BCUT2D eigenvalue weighted by Gasteiger charge is 2.26. The van der Waals surface area contributed by atoms with E-state index in [-0.39, 0.29) is 21.4 Å². The predicted molar refractivity (Wildman–Crippen MR) is 91.1 cm³/mol. The number of nitrogens with zero attached hydrogens (tertiary/aromatic N) is 2. The smallest absolute Gasteiger partial charge is 0.338 e. The van der Waals surface area contributed by atoms with Crippen LogP contribution < -0.4 is 0 Å². The number of morpholine rings is 1. The van der Waals surface area contributed by atoms with Crippen molar-refractivity contribution >= 4 is 33.5 Å². The van der Waals surface area contributed by atoms with Gasteiger partial charge in [0.05, 0.1) is 30.9 Å². The molecule has 1 aromatic carbocycles. The number of hydrogen-bond donors (Lipinski definition) is 0. The third kappa shape index (κ3) is 4.71. The van der Waals surface area contributed by atoms with Crippen molar-refractivity contribution < 1.29 is 32.3 Å². The Bertz CT molecular complexity index is 778. The van der Waals surface area contributed by atoms with E-state index in [1.165, 1.54) is 31.2 Å². The number of rotatable bonds is 6. The maximum atomic E-state index is 12.3. The maximum Gasteiger partial charge on any atom is 0.338 e. The average Bonchev–Trinajstić information content (AvgIpc) is 2.65. The molecule has 0 aliphatic carbocycles. The minimum Gasteiger partial charge on any atom is -0.452 e. The predicted octanol–water partition coefficient (Wildman–Crippen LogP) is 0.538. The molecule has 1 heterocycles. The van der Waals surface area contributed by atoms with E-state index in [0.29, 0.717) is 30.8 Å². The molecule has 1 saturated heterocycles. The highest BCUT2D eigenvalue weighted by molar-refractivity contribution is 7.89. The molecule has 1 aromatic rings. The van der Waals surface area contributed by atoms with Gasteiger partial charge in [-0.3, -0.25) is 9.63 Å². The van der Waals surface area contributed by atoms with Gasteiger partial charge in [0.1, 0.15) is 4.90 Å². The Morgan fingerprint density at radius 1 is 1.31 bits per heavy atom. The first-order valence-electron chi connectivity index (χ1n) is 7.62. The fourth-order valence-electron chi connectivity index (χ4n) is 2.18. The van der Waals surface area contributed by atoms with Crippen molar-refractivity contribution in [3.63, 3.8) is 0 Å². The number of carbonyl (C=O) groups is 2. The van der Waals surface area contributed by atoms with Crippen LogP contribution in [0.3, 0.4) is 0 Å². The van der Waals surface area contributed by atoms with Crippen LogP contribution in [0.2, 0.25) is 5.02 Å². The van der Waals surface area contributed by atoms with E-state index in [1.807, 2.05) is 0 Å². The molecular weight excluding hydrogens is 388 g/mol. The molecular formula is C15H19ClN2O7S. The van der Waals surface area contributed by atoms with E-state index >= 15 is 0 Å². The summed E-state index contributed by atoms with van der Waals surface area (Å²) in [5.41, 5.74) is -0.0488. The molecule has 0 N–H and O–H groups in total. The number of benzene rings is 1. The molecule has 0 bridgehead atoms. The Morgan fingerprint density at radius 2 is 1.96 bits per heavy atom. The van der Waals surface area contributed by atoms with Gasteiger partial charge in [0, 0.05) is 20.1 Å². The number of halogens is 1. The lowest BCUT2D eigenvalue weighted by Crippen LogP contribution is -2.42. The number of sulfonamides is 1. The third-order valence-electron chi connectivity index (χ3n) is 3.73. The summed E-state index contributed by atoms with van der Waals surface area (Å²) in [6, 6.07) is 3.66. The number of carbonyl (C=O) groups excluding carboxylic acids is 2. The van der Waals surface area contributed by atoms with Crippen molar-refractivity contribution in [3.05, 3.63) is 28.8 Å². The van der Waals surface area contributed by atoms with Crippen LogP contribution >= 0.6 is 11.6 Å². The van der Waals surface area contributed by atoms with Crippen LogP contribution in [-0.4, -0.2) is 76.7 Å². The fourth-order valence-corrected chi connectivity index (χ4v) is 3.65. The maximum absolute atomic E-state index is 12.3. The van der Waals surface area contributed by atoms with Gasteiger partial charge in [0.2, 0.25) is 0 Å².